The van der Waals surface area contributed by atoms with E-state index in [2.05, 4.69) is 5.32 Å². The van der Waals surface area contributed by atoms with Gasteiger partial charge in [0, 0.05) is 35.9 Å². The predicted molar refractivity (Wildman–Crippen MR) is 59.4 cm³/mol. The van der Waals surface area contributed by atoms with E-state index in [1.54, 1.807) is 6.26 Å². The lowest BCUT2D eigenvalue weighted by atomic mass is 10.0. The smallest absolute Gasteiger partial charge is 0.224 e. The van der Waals surface area contributed by atoms with Gasteiger partial charge in [0.2, 0.25) is 5.91 Å². The van der Waals surface area contributed by atoms with Crippen molar-refractivity contribution in [3.8, 4) is 0 Å². The maximum Gasteiger partial charge on any atom is 0.224 e. The lowest BCUT2D eigenvalue weighted by Gasteiger charge is -2.13. The van der Waals surface area contributed by atoms with E-state index in [0.717, 1.165) is 12.8 Å². The van der Waals surface area contributed by atoms with Crippen LogP contribution in [0.4, 0.5) is 0 Å². The molecular weight excluding hydrogens is 200 g/mol. The van der Waals surface area contributed by atoms with E-state index < -0.39 is 10.8 Å². The molecule has 0 aromatic heterocycles. The minimum Gasteiger partial charge on any atom is -0.355 e. The molecule has 0 aromatic rings. The van der Waals surface area contributed by atoms with Crippen molar-refractivity contribution in [3.05, 3.63) is 0 Å². The van der Waals surface area contributed by atoms with Gasteiger partial charge in [0.25, 0.3) is 0 Å². The first-order valence-corrected chi connectivity index (χ1v) is 6.62. The monoisotopic (exact) mass is 220 g/mol. The summed E-state index contributed by atoms with van der Waals surface area (Å²) in [6.45, 7) is 2.88. The highest BCUT2D eigenvalue weighted by Gasteiger charge is 2.14. The zero-order valence-electron chi connectivity index (χ0n) is 8.91. The van der Waals surface area contributed by atoms with E-state index in [9.17, 15) is 9.00 Å². The summed E-state index contributed by atoms with van der Waals surface area (Å²) in [5, 5.41) is 2.74. The summed E-state index contributed by atoms with van der Waals surface area (Å²) in [5.41, 5.74) is 5.47. The Morgan fingerprint density at radius 1 is 1.57 bits per heavy atom. The van der Waals surface area contributed by atoms with E-state index in [1.165, 1.54) is 0 Å². The summed E-state index contributed by atoms with van der Waals surface area (Å²) < 4.78 is 10.7. The van der Waals surface area contributed by atoms with Crippen LogP contribution in [0, 0.1) is 5.92 Å². The topological polar surface area (TPSA) is 72.2 Å². The molecule has 0 aromatic carbocycles. The summed E-state index contributed by atoms with van der Waals surface area (Å²) in [6, 6.07) is 0. The second-order valence-electron chi connectivity index (χ2n) is 3.29. The zero-order valence-corrected chi connectivity index (χ0v) is 9.73. The predicted octanol–water partition coefficient (Wildman–Crippen LogP) is -0.144. The quantitative estimate of drug-likeness (QED) is 0.627. The lowest BCUT2D eigenvalue weighted by molar-refractivity contribution is -0.124. The molecule has 3 N–H and O–H groups in total. The van der Waals surface area contributed by atoms with Gasteiger partial charge in [-0.15, -0.1) is 0 Å². The van der Waals surface area contributed by atoms with E-state index in [-0.39, 0.29) is 11.8 Å². The minimum absolute atomic E-state index is 0.0141. The van der Waals surface area contributed by atoms with Crippen LogP contribution in [-0.4, -0.2) is 35.2 Å². The summed E-state index contributed by atoms with van der Waals surface area (Å²) in [5.74, 6) is 0.403. The summed E-state index contributed by atoms with van der Waals surface area (Å²) in [4.78, 5) is 11.5. The van der Waals surface area contributed by atoms with Gasteiger partial charge in [-0.2, -0.15) is 0 Å². The highest BCUT2D eigenvalue weighted by Crippen LogP contribution is 2.03. The van der Waals surface area contributed by atoms with Crippen LogP contribution in [0.15, 0.2) is 0 Å². The maximum absolute atomic E-state index is 11.5. The normalized spacial score (nSPS) is 14.8. The molecule has 5 heteroatoms. The molecule has 0 rings (SSSR count). The average molecular weight is 220 g/mol. The van der Waals surface area contributed by atoms with Gasteiger partial charge in [0.15, 0.2) is 0 Å². The third-order valence-corrected chi connectivity index (χ3v) is 2.76. The fourth-order valence-corrected chi connectivity index (χ4v) is 1.56. The Labute approximate surface area is 88.1 Å². The molecule has 0 radical (unpaired) electrons. The number of hydrogen-bond acceptors (Lipinski definition) is 3. The van der Waals surface area contributed by atoms with Crippen LogP contribution < -0.4 is 11.1 Å². The molecule has 0 aliphatic rings. The number of carbonyl (C=O) groups is 1. The molecule has 1 amide bonds. The van der Waals surface area contributed by atoms with Gasteiger partial charge in [-0.25, -0.2) is 0 Å². The standard InChI is InChI=1S/C9H20N2O2S/c1-3-4-8(7-10)9(12)11-5-6-14(2)13/h8H,3-7,10H2,1-2H3,(H,11,12). The highest BCUT2D eigenvalue weighted by molar-refractivity contribution is 7.84. The van der Waals surface area contributed by atoms with Gasteiger partial charge in [-0.3, -0.25) is 9.00 Å². The van der Waals surface area contributed by atoms with E-state index in [0.29, 0.717) is 18.8 Å². The Kier molecular flexibility index (Phi) is 7.70. The minimum atomic E-state index is -0.847. The average Bonchev–Trinajstić information content (AvgIpc) is 2.13. The number of amides is 1. The maximum atomic E-state index is 11.5. The van der Waals surface area contributed by atoms with Crippen molar-refractivity contribution in [3.63, 3.8) is 0 Å². The van der Waals surface area contributed by atoms with E-state index in [4.69, 9.17) is 5.73 Å². The Bertz CT molecular complexity index is 197. The van der Waals surface area contributed by atoms with Crippen LogP contribution in [-0.2, 0) is 15.6 Å². The molecule has 0 saturated carbocycles. The van der Waals surface area contributed by atoms with Crippen molar-refractivity contribution in [2.24, 2.45) is 11.7 Å². The van der Waals surface area contributed by atoms with Gasteiger partial charge >= 0.3 is 0 Å². The van der Waals surface area contributed by atoms with Crippen molar-refractivity contribution in [1.29, 1.82) is 0 Å². The van der Waals surface area contributed by atoms with Crippen LogP contribution in [0.2, 0.25) is 0 Å². The molecular formula is C9H20N2O2S. The fraction of sp³-hybridized carbons (Fsp3) is 0.889. The van der Waals surface area contributed by atoms with Gasteiger partial charge in [-0.05, 0) is 6.42 Å². The Morgan fingerprint density at radius 3 is 2.64 bits per heavy atom. The highest BCUT2D eigenvalue weighted by atomic mass is 32.2. The number of carbonyl (C=O) groups excluding carboxylic acids is 1. The van der Waals surface area contributed by atoms with Crippen molar-refractivity contribution in [1.82, 2.24) is 5.32 Å². The molecule has 0 fully saturated rings. The molecule has 4 nitrogen and oxygen atoms in total. The molecule has 0 spiro atoms. The van der Waals surface area contributed by atoms with Gasteiger partial charge in [0.1, 0.15) is 0 Å². The Hall–Kier alpha value is -0.420. The Balaban J connectivity index is 3.74. The number of nitrogens with one attached hydrogen (secondary N) is 1. The Morgan fingerprint density at radius 2 is 2.21 bits per heavy atom. The second kappa shape index (κ2) is 7.94. The first-order valence-electron chi connectivity index (χ1n) is 4.89. The van der Waals surface area contributed by atoms with Crippen molar-refractivity contribution < 1.29 is 9.00 Å². The fourth-order valence-electron chi connectivity index (χ4n) is 1.17. The molecule has 0 aliphatic heterocycles. The molecule has 0 bridgehead atoms. The first kappa shape index (κ1) is 13.6. The molecule has 84 valence electrons. The summed E-state index contributed by atoms with van der Waals surface area (Å²) in [7, 11) is -0.847. The SMILES string of the molecule is CCCC(CN)C(=O)NCCS(C)=O. The molecule has 0 heterocycles. The van der Waals surface area contributed by atoms with Gasteiger partial charge < -0.3 is 11.1 Å². The van der Waals surface area contributed by atoms with E-state index in [1.807, 2.05) is 6.92 Å². The lowest BCUT2D eigenvalue weighted by Crippen LogP contribution is -2.36. The number of nitrogens with two attached hydrogens (primary N) is 1. The number of hydrogen-bond donors (Lipinski definition) is 2. The van der Waals surface area contributed by atoms with Crippen molar-refractivity contribution in [2.45, 2.75) is 19.8 Å². The largest absolute Gasteiger partial charge is 0.355 e. The molecule has 2 atom stereocenters. The number of rotatable bonds is 7. The van der Waals surface area contributed by atoms with Crippen molar-refractivity contribution >= 4 is 16.7 Å². The first-order chi connectivity index (χ1) is 6.61. The van der Waals surface area contributed by atoms with Crippen molar-refractivity contribution in [2.75, 3.05) is 25.1 Å². The van der Waals surface area contributed by atoms with Gasteiger partial charge in [-0.1, -0.05) is 13.3 Å². The molecule has 0 aliphatic carbocycles. The third kappa shape index (κ3) is 6.10. The second-order valence-corrected chi connectivity index (χ2v) is 4.84. The van der Waals surface area contributed by atoms with E-state index >= 15 is 0 Å². The molecule has 2 unspecified atom stereocenters. The zero-order chi connectivity index (χ0) is 11.0. The van der Waals surface area contributed by atoms with Crippen LogP contribution in [0.25, 0.3) is 0 Å². The summed E-state index contributed by atoms with van der Waals surface area (Å²) >= 11 is 0. The van der Waals surface area contributed by atoms with Gasteiger partial charge in [0.05, 0.1) is 5.92 Å². The van der Waals surface area contributed by atoms with Crippen LogP contribution in [0.3, 0.4) is 0 Å². The third-order valence-electron chi connectivity index (χ3n) is 1.98. The molecule has 14 heavy (non-hydrogen) atoms. The van der Waals surface area contributed by atoms with Crippen LogP contribution >= 0.6 is 0 Å². The van der Waals surface area contributed by atoms with Crippen LogP contribution in [0.1, 0.15) is 19.8 Å². The summed E-state index contributed by atoms with van der Waals surface area (Å²) in [6.07, 6.45) is 3.39. The van der Waals surface area contributed by atoms with Crippen LogP contribution in [0.5, 0.6) is 0 Å². The molecule has 0 saturated heterocycles.